The molecule has 82 valence electrons. The van der Waals surface area contributed by atoms with Crippen LogP contribution < -0.4 is 5.32 Å². The SMILES string of the molecule is CCC1SCCCNC1C1CC1(C)C. The van der Waals surface area contributed by atoms with Gasteiger partial charge in [0.2, 0.25) is 0 Å². The molecule has 1 aliphatic carbocycles. The Morgan fingerprint density at radius 1 is 1.43 bits per heavy atom. The number of hydrogen-bond donors (Lipinski definition) is 1. The van der Waals surface area contributed by atoms with E-state index in [1.807, 2.05) is 0 Å². The average Bonchev–Trinajstić information content (AvgIpc) is 2.82. The molecule has 0 aromatic rings. The van der Waals surface area contributed by atoms with Crippen molar-refractivity contribution in [2.45, 2.75) is 51.3 Å². The van der Waals surface area contributed by atoms with Gasteiger partial charge in [-0.3, -0.25) is 0 Å². The van der Waals surface area contributed by atoms with Crippen LogP contribution in [0.5, 0.6) is 0 Å². The lowest BCUT2D eigenvalue weighted by Gasteiger charge is -2.25. The van der Waals surface area contributed by atoms with Crippen molar-refractivity contribution in [1.29, 1.82) is 0 Å². The lowest BCUT2D eigenvalue weighted by Crippen LogP contribution is -2.39. The van der Waals surface area contributed by atoms with Crippen molar-refractivity contribution in [2.75, 3.05) is 12.3 Å². The highest BCUT2D eigenvalue weighted by Gasteiger charge is 2.51. The summed E-state index contributed by atoms with van der Waals surface area (Å²) in [5.74, 6) is 2.30. The molecule has 3 unspecified atom stereocenters. The van der Waals surface area contributed by atoms with Crippen LogP contribution in [0.15, 0.2) is 0 Å². The van der Waals surface area contributed by atoms with Crippen LogP contribution in [0.1, 0.15) is 40.0 Å². The number of nitrogens with one attached hydrogen (secondary N) is 1. The molecule has 1 aliphatic heterocycles. The Kier molecular flexibility index (Phi) is 3.13. The van der Waals surface area contributed by atoms with E-state index in [1.165, 1.54) is 31.6 Å². The third kappa shape index (κ3) is 2.11. The van der Waals surface area contributed by atoms with Gasteiger partial charge in [0.15, 0.2) is 0 Å². The molecule has 1 N–H and O–H groups in total. The van der Waals surface area contributed by atoms with Crippen molar-refractivity contribution in [3.63, 3.8) is 0 Å². The Morgan fingerprint density at radius 2 is 2.14 bits per heavy atom. The second kappa shape index (κ2) is 4.05. The molecular formula is C12H23NS. The highest BCUT2D eigenvalue weighted by molar-refractivity contribution is 7.99. The maximum atomic E-state index is 3.78. The molecule has 0 spiro atoms. The smallest absolute Gasteiger partial charge is 0.0219 e. The summed E-state index contributed by atoms with van der Waals surface area (Å²) < 4.78 is 0. The maximum absolute atomic E-state index is 3.78. The third-order valence-corrected chi connectivity index (χ3v) is 5.44. The highest BCUT2D eigenvalue weighted by atomic mass is 32.2. The molecule has 1 saturated carbocycles. The monoisotopic (exact) mass is 213 g/mol. The molecular weight excluding hydrogens is 190 g/mol. The molecule has 0 aromatic carbocycles. The lowest BCUT2D eigenvalue weighted by atomic mass is 9.99. The quantitative estimate of drug-likeness (QED) is 0.757. The molecule has 0 amide bonds. The third-order valence-electron chi connectivity index (χ3n) is 3.86. The Hall–Kier alpha value is 0.310. The summed E-state index contributed by atoms with van der Waals surface area (Å²) in [5, 5.41) is 4.64. The first-order valence-electron chi connectivity index (χ1n) is 6.00. The zero-order chi connectivity index (χ0) is 10.2. The van der Waals surface area contributed by atoms with E-state index in [9.17, 15) is 0 Å². The lowest BCUT2D eigenvalue weighted by molar-refractivity contribution is 0.396. The molecule has 2 rings (SSSR count). The van der Waals surface area contributed by atoms with Crippen molar-refractivity contribution in [1.82, 2.24) is 5.32 Å². The summed E-state index contributed by atoms with van der Waals surface area (Å²) >= 11 is 2.20. The first-order valence-corrected chi connectivity index (χ1v) is 7.05. The van der Waals surface area contributed by atoms with Gasteiger partial charge in [0.25, 0.3) is 0 Å². The predicted octanol–water partition coefficient (Wildman–Crippen LogP) is 2.91. The summed E-state index contributed by atoms with van der Waals surface area (Å²) in [7, 11) is 0. The van der Waals surface area contributed by atoms with E-state index in [0.717, 1.165) is 17.2 Å². The number of thioether (sulfide) groups is 1. The van der Waals surface area contributed by atoms with E-state index in [4.69, 9.17) is 0 Å². The van der Waals surface area contributed by atoms with Crippen LogP contribution in [0.4, 0.5) is 0 Å². The molecule has 3 atom stereocenters. The average molecular weight is 213 g/mol. The molecule has 2 heteroatoms. The van der Waals surface area contributed by atoms with Crippen molar-refractivity contribution >= 4 is 11.8 Å². The van der Waals surface area contributed by atoms with Crippen LogP contribution >= 0.6 is 11.8 Å². The minimum absolute atomic E-state index is 0.621. The van der Waals surface area contributed by atoms with Crippen LogP contribution in [0.25, 0.3) is 0 Å². The van der Waals surface area contributed by atoms with Gasteiger partial charge in [-0.2, -0.15) is 11.8 Å². The highest BCUT2D eigenvalue weighted by Crippen LogP contribution is 2.55. The molecule has 0 radical (unpaired) electrons. The summed E-state index contributed by atoms with van der Waals surface area (Å²) in [5.41, 5.74) is 0.621. The van der Waals surface area contributed by atoms with Gasteiger partial charge in [-0.1, -0.05) is 20.8 Å². The summed E-state index contributed by atoms with van der Waals surface area (Å²) in [6.07, 6.45) is 4.11. The number of rotatable bonds is 2. The van der Waals surface area contributed by atoms with Crippen LogP contribution in [0.3, 0.4) is 0 Å². The predicted molar refractivity (Wildman–Crippen MR) is 64.8 cm³/mol. The Labute approximate surface area is 92.4 Å². The zero-order valence-corrected chi connectivity index (χ0v) is 10.5. The van der Waals surface area contributed by atoms with E-state index in [2.05, 4.69) is 37.8 Å². The molecule has 1 nitrogen and oxygen atoms in total. The Morgan fingerprint density at radius 3 is 2.71 bits per heavy atom. The maximum Gasteiger partial charge on any atom is 0.0219 e. The van der Waals surface area contributed by atoms with Crippen molar-refractivity contribution in [3.8, 4) is 0 Å². The van der Waals surface area contributed by atoms with Gasteiger partial charge in [-0.25, -0.2) is 0 Å². The summed E-state index contributed by atoms with van der Waals surface area (Å²) in [6, 6.07) is 0.794. The minimum atomic E-state index is 0.621. The van der Waals surface area contributed by atoms with E-state index >= 15 is 0 Å². The van der Waals surface area contributed by atoms with Gasteiger partial charge in [-0.05, 0) is 42.9 Å². The van der Waals surface area contributed by atoms with Crippen molar-refractivity contribution < 1.29 is 0 Å². The Balaban J connectivity index is 1.99. The summed E-state index contributed by atoms with van der Waals surface area (Å²) in [4.78, 5) is 0. The second-order valence-corrected chi connectivity index (χ2v) is 6.80. The summed E-state index contributed by atoms with van der Waals surface area (Å²) in [6.45, 7) is 8.41. The van der Waals surface area contributed by atoms with E-state index in [-0.39, 0.29) is 0 Å². The van der Waals surface area contributed by atoms with Crippen LogP contribution in [0.2, 0.25) is 0 Å². The molecule has 0 bridgehead atoms. The first kappa shape index (κ1) is 10.8. The normalized spacial score (nSPS) is 41.8. The largest absolute Gasteiger partial charge is 0.313 e. The standard InChI is InChI=1S/C12H23NS/c1-4-10-11(9-8-12(9,2)3)13-6-5-7-14-10/h9-11,13H,4-8H2,1-3H3. The van der Waals surface area contributed by atoms with Crippen LogP contribution in [0, 0.1) is 11.3 Å². The Bertz CT molecular complexity index is 202. The van der Waals surface area contributed by atoms with Gasteiger partial charge >= 0.3 is 0 Å². The van der Waals surface area contributed by atoms with E-state index in [1.54, 1.807) is 0 Å². The van der Waals surface area contributed by atoms with E-state index in [0.29, 0.717) is 5.41 Å². The van der Waals surface area contributed by atoms with Crippen LogP contribution in [-0.4, -0.2) is 23.6 Å². The fourth-order valence-electron chi connectivity index (χ4n) is 2.70. The van der Waals surface area contributed by atoms with Crippen molar-refractivity contribution in [2.24, 2.45) is 11.3 Å². The fourth-order valence-corrected chi connectivity index (χ4v) is 4.05. The molecule has 2 aliphatic rings. The molecule has 1 heterocycles. The molecule has 2 fully saturated rings. The zero-order valence-electron chi connectivity index (χ0n) is 9.68. The topological polar surface area (TPSA) is 12.0 Å². The van der Waals surface area contributed by atoms with Crippen molar-refractivity contribution in [3.05, 3.63) is 0 Å². The van der Waals surface area contributed by atoms with Gasteiger partial charge < -0.3 is 5.32 Å². The van der Waals surface area contributed by atoms with Gasteiger partial charge in [-0.15, -0.1) is 0 Å². The molecule has 14 heavy (non-hydrogen) atoms. The number of hydrogen-bond acceptors (Lipinski definition) is 2. The first-order chi connectivity index (χ1) is 6.65. The molecule has 1 saturated heterocycles. The van der Waals surface area contributed by atoms with Gasteiger partial charge in [0.1, 0.15) is 0 Å². The second-order valence-electron chi connectivity index (χ2n) is 5.45. The van der Waals surface area contributed by atoms with E-state index < -0.39 is 0 Å². The van der Waals surface area contributed by atoms with Gasteiger partial charge in [0.05, 0.1) is 0 Å². The van der Waals surface area contributed by atoms with Gasteiger partial charge in [0, 0.05) is 11.3 Å². The fraction of sp³-hybridized carbons (Fsp3) is 1.00. The molecule has 0 aromatic heterocycles. The minimum Gasteiger partial charge on any atom is -0.313 e. The van der Waals surface area contributed by atoms with Crippen LogP contribution in [-0.2, 0) is 0 Å².